The Labute approximate surface area is 130 Å². The topological polar surface area (TPSA) is 60.0 Å². The molecule has 6 heteroatoms. The molecule has 1 N–H and O–H groups in total. The lowest BCUT2D eigenvalue weighted by atomic mass is 10.1. The summed E-state index contributed by atoms with van der Waals surface area (Å²) in [6.07, 6.45) is 6.74. The van der Waals surface area contributed by atoms with Gasteiger partial charge in [0.25, 0.3) is 0 Å². The Morgan fingerprint density at radius 3 is 2.91 bits per heavy atom. The zero-order valence-corrected chi connectivity index (χ0v) is 13.3. The van der Waals surface area contributed by atoms with Crippen LogP contribution < -0.4 is 5.32 Å². The van der Waals surface area contributed by atoms with Gasteiger partial charge in [-0.3, -0.25) is 0 Å². The van der Waals surface area contributed by atoms with Crippen molar-refractivity contribution in [2.45, 2.75) is 46.2 Å². The fraction of sp³-hybridized carbons (Fsp3) is 0.438. The molecule has 3 aromatic rings. The first-order valence-corrected chi connectivity index (χ1v) is 7.77. The van der Waals surface area contributed by atoms with E-state index in [1.807, 2.05) is 23.0 Å². The minimum absolute atomic E-state index is 0.377. The zero-order valence-electron chi connectivity index (χ0n) is 13.3. The second-order valence-electron chi connectivity index (χ2n) is 5.71. The predicted molar refractivity (Wildman–Crippen MR) is 86.9 cm³/mol. The molecule has 3 rings (SSSR count). The molecule has 0 aliphatic rings. The summed E-state index contributed by atoms with van der Waals surface area (Å²) in [6, 6.07) is 3.99. The van der Waals surface area contributed by atoms with Crippen molar-refractivity contribution in [1.82, 2.24) is 24.1 Å². The fourth-order valence-corrected chi connectivity index (χ4v) is 2.48. The van der Waals surface area contributed by atoms with E-state index in [4.69, 9.17) is 0 Å². The summed E-state index contributed by atoms with van der Waals surface area (Å²) < 4.78 is 4.01. The van der Waals surface area contributed by atoms with E-state index in [1.165, 1.54) is 0 Å². The van der Waals surface area contributed by atoms with Gasteiger partial charge in [0, 0.05) is 36.8 Å². The number of hydrogen-bond donors (Lipinski definition) is 1. The maximum Gasteiger partial charge on any atom is 0.157 e. The third kappa shape index (κ3) is 2.81. The monoisotopic (exact) mass is 298 g/mol. The van der Waals surface area contributed by atoms with E-state index in [1.54, 1.807) is 6.20 Å². The fourth-order valence-electron chi connectivity index (χ4n) is 2.48. The van der Waals surface area contributed by atoms with Crippen molar-refractivity contribution in [3.05, 3.63) is 42.2 Å². The number of fused-ring (bicyclic) bond motifs is 1. The van der Waals surface area contributed by atoms with Crippen molar-refractivity contribution in [3.63, 3.8) is 0 Å². The van der Waals surface area contributed by atoms with Gasteiger partial charge in [0.1, 0.15) is 11.6 Å². The summed E-state index contributed by atoms with van der Waals surface area (Å²) in [5.41, 5.74) is 1.93. The molecule has 0 amide bonds. The summed E-state index contributed by atoms with van der Waals surface area (Å²) in [5, 5.41) is 7.79. The molecule has 0 spiro atoms. The molecule has 0 saturated heterocycles. The maximum absolute atomic E-state index is 4.63. The molecule has 0 bridgehead atoms. The van der Waals surface area contributed by atoms with Crippen molar-refractivity contribution in [1.29, 1.82) is 0 Å². The Morgan fingerprint density at radius 2 is 2.14 bits per heavy atom. The predicted octanol–water partition coefficient (Wildman–Crippen LogP) is 3.07. The lowest BCUT2D eigenvalue weighted by Gasteiger charge is -2.12. The quantitative estimate of drug-likeness (QED) is 0.760. The van der Waals surface area contributed by atoms with Crippen molar-refractivity contribution in [2.75, 3.05) is 5.32 Å². The SMILES string of the molecule is CCCn1ccnc1CNc1cc(C(C)C)nc2ccnn12. The summed E-state index contributed by atoms with van der Waals surface area (Å²) in [6.45, 7) is 8.12. The first-order chi connectivity index (χ1) is 10.7. The van der Waals surface area contributed by atoms with Crippen LogP contribution in [0.4, 0.5) is 5.82 Å². The molecule has 0 fully saturated rings. The Bertz CT molecular complexity index is 755. The highest BCUT2D eigenvalue weighted by atomic mass is 15.3. The van der Waals surface area contributed by atoms with Crippen LogP contribution in [0.25, 0.3) is 5.65 Å². The molecule has 0 aromatic carbocycles. The number of nitrogens with one attached hydrogen (secondary N) is 1. The largest absolute Gasteiger partial charge is 0.363 e. The van der Waals surface area contributed by atoms with Gasteiger partial charge >= 0.3 is 0 Å². The smallest absolute Gasteiger partial charge is 0.157 e. The molecule has 6 nitrogen and oxygen atoms in total. The summed E-state index contributed by atoms with van der Waals surface area (Å²) in [4.78, 5) is 9.06. The highest BCUT2D eigenvalue weighted by molar-refractivity contribution is 5.49. The van der Waals surface area contributed by atoms with E-state index < -0.39 is 0 Å². The minimum Gasteiger partial charge on any atom is -0.363 e. The number of hydrogen-bond acceptors (Lipinski definition) is 4. The average Bonchev–Trinajstić information content (AvgIpc) is 3.13. The number of aryl methyl sites for hydroxylation is 1. The van der Waals surface area contributed by atoms with Crippen LogP contribution in [0.3, 0.4) is 0 Å². The molecule has 0 radical (unpaired) electrons. The van der Waals surface area contributed by atoms with E-state index in [0.29, 0.717) is 12.5 Å². The first-order valence-electron chi connectivity index (χ1n) is 7.77. The van der Waals surface area contributed by atoms with Crippen molar-refractivity contribution in [3.8, 4) is 0 Å². The molecule has 22 heavy (non-hydrogen) atoms. The van der Waals surface area contributed by atoms with Gasteiger partial charge in [-0.2, -0.15) is 9.61 Å². The van der Waals surface area contributed by atoms with Gasteiger partial charge in [0.2, 0.25) is 0 Å². The molecule has 0 atom stereocenters. The Kier molecular flexibility index (Phi) is 4.09. The van der Waals surface area contributed by atoms with E-state index in [0.717, 1.165) is 35.9 Å². The highest BCUT2D eigenvalue weighted by Gasteiger charge is 2.10. The van der Waals surface area contributed by atoms with Gasteiger partial charge in [-0.1, -0.05) is 20.8 Å². The number of nitrogens with zero attached hydrogens (tertiary/aromatic N) is 5. The second-order valence-corrected chi connectivity index (χ2v) is 5.71. The Hall–Kier alpha value is -2.37. The van der Waals surface area contributed by atoms with E-state index in [9.17, 15) is 0 Å². The van der Waals surface area contributed by atoms with Crippen LogP contribution in [-0.2, 0) is 13.1 Å². The van der Waals surface area contributed by atoms with Gasteiger partial charge < -0.3 is 9.88 Å². The average molecular weight is 298 g/mol. The van der Waals surface area contributed by atoms with Crippen molar-refractivity contribution < 1.29 is 0 Å². The van der Waals surface area contributed by atoms with Gasteiger partial charge in [0.05, 0.1) is 12.7 Å². The molecule has 3 heterocycles. The standard InChI is InChI=1S/C16H22N6/c1-4-8-21-9-7-17-16(21)11-18-15-10-13(12(2)3)20-14-5-6-19-22(14)15/h5-7,9-10,12,18H,4,8,11H2,1-3H3. The van der Waals surface area contributed by atoms with Crippen LogP contribution in [0.15, 0.2) is 30.7 Å². The molecular formula is C16H22N6. The van der Waals surface area contributed by atoms with Crippen LogP contribution in [0.2, 0.25) is 0 Å². The third-order valence-electron chi connectivity index (χ3n) is 3.66. The number of anilines is 1. The molecule has 0 saturated carbocycles. The van der Waals surface area contributed by atoms with Crippen LogP contribution in [0.1, 0.15) is 44.6 Å². The highest BCUT2D eigenvalue weighted by Crippen LogP contribution is 2.19. The first kappa shape index (κ1) is 14.6. The molecule has 0 aliphatic heterocycles. The summed E-state index contributed by atoms with van der Waals surface area (Å²) in [5.74, 6) is 2.36. The van der Waals surface area contributed by atoms with Crippen LogP contribution in [0.5, 0.6) is 0 Å². The van der Waals surface area contributed by atoms with E-state index in [2.05, 4.69) is 51.8 Å². The Morgan fingerprint density at radius 1 is 1.27 bits per heavy atom. The normalized spacial score (nSPS) is 11.5. The second kappa shape index (κ2) is 6.17. The number of imidazole rings is 1. The Balaban J connectivity index is 1.86. The number of rotatable bonds is 6. The molecule has 116 valence electrons. The van der Waals surface area contributed by atoms with Crippen LogP contribution >= 0.6 is 0 Å². The van der Waals surface area contributed by atoms with E-state index >= 15 is 0 Å². The van der Waals surface area contributed by atoms with Gasteiger partial charge in [-0.15, -0.1) is 0 Å². The molecular weight excluding hydrogens is 276 g/mol. The summed E-state index contributed by atoms with van der Waals surface area (Å²) >= 11 is 0. The lowest BCUT2D eigenvalue weighted by molar-refractivity contribution is 0.643. The van der Waals surface area contributed by atoms with Gasteiger partial charge in [-0.05, 0) is 12.3 Å². The number of aromatic nitrogens is 5. The van der Waals surface area contributed by atoms with Gasteiger partial charge in [-0.25, -0.2) is 9.97 Å². The summed E-state index contributed by atoms with van der Waals surface area (Å²) in [7, 11) is 0. The van der Waals surface area contributed by atoms with E-state index in [-0.39, 0.29) is 0 Å². The molecule has 3 aromatic heterocycles. The third-order valence-corrected chi connectivity index (χ3v) is 3.66. The van der Waals surface area contributed by atoms with Crippen molar-refractivity contribution in [2.24, 2.45) is 0 Å². The van der Waals surface area contributed by atoms with Gasteiger partial charge in [0.15, 0.2) is 5.65 Å². The van der Waals surface area contributed by atoms with Crippen LogP contribution in [-0.4, -0.2) is 24.1 Å². The molecule has 0 aliphatic carbocycles. The maximum atomic E-state index is 4.63. The van der Waals surface area contributed by atoms with Crippen LogP contribution in [0, 0.1) is 0 Å². The zero-order chi connectivity index (χ0) is 15.5. The minimum atomic E-state index is 0.377. The lowest BCUT2D eigenvalue weighted by Crippen LogP contribution is -2.12. The molecule has 0 unspecified atom stereocenters. The van der Waals surface area contributed by atoms with Crippen molar-refractivity contribution >= 4 is 11.5 Å².